The highest BCUT2D eigenvalue weighted by Crippen LogP contribution is 2.45. The number of carbonyl (C=O) groups excluding carboxylic acids is 1. The number of hydrogen-bond acceptors (Lipinski definition) is 2. The summed E-state index contributed by atoms with van der Waals surface area (Å²) in [4.78, 5) is 13.9. The molecule has 0 aliphatic carbocycles. The highest BCUT2D eigenvalue weighted by atomic mass is 16.2. The summed E-state index contributed by atoms with van der Waals surface area (Å²) in [7, 11) is 0. The SMILES string of the molecule is CC(=O)N1CC(C)(C)C(Nc2ccccc2)c2ccccc21. The van der Waals surface area contributed by atoms with Crippen molar-refractivity contribution in [3.05, 3.63) is 60.2 Å². The van der Waals surface area contributed by atoms with Gasteiger partial charge in [-0.3, -0.25) is 4.79 Å². The summed E-state index contributed by atoms with van der Waals surface area (Å²) in [5, 5.41) is 3.65. The lowest BCUT2D eigenvalue weighted by molar-refractivity contribution is -0.117. The molecule has 1 atom stereocenters. The first-order valence-electron chi connectivity index (χ1n) is 7.68. The van der Waals surface area contributed by atoms with E-state index < -0.39 is 0 Å². The monoisotopic (exact) mass is 294 g/mol. The van der Waals surface area contributed by atoms with Crippen LogP contribution in [0.4, 0.5) is 11.4 Å². The number of benzene rings is 2. The van der Waals surface area contributed by atoms with Crippen LogP contribution >= 0.6 is 0 Å². The third-order valence-corrected chi connectivity index (χ3v) is 4.35. The van der Waals surface area contributed by atoms with Crippen molar-refractivity contribution in [2.24, 2.45) is 5.41 Å². The topological polar surface area (TPSA) is 32.3 Å². The van der Waals surface area contributed by atoms with Gasteiger partial charge in [-0.05, 0) is 23.8 Å². The highest BCUT2D eigenvalue weighted by molar-refractivity contribution is 5.93. The Balaban J connectivity index is 2.04. The van der Waals surface area contributed by atoms with Gasteiger partial charge in [-0.15, -0.1) is 0 Å². The number of nitrogens with zero attached hydrogens (tertiary/aromatic N) is 1. The van der Waals surface area contributed by atoms with Crippen LogP contribution in [0.3, 0.4) is 0 Å². The van der Waals surface area contributed by atoms with Gasteiger partial charge in [0.05, 0.1) is 6.04 Å². The Morgan fingerprint density at radius 1 is 1.09 bits per heavy atom. The first-order chi connectivity index (χ1) is 10.5. The summed E-state index contributed by atoms with van der Waals surface area (Å²) in [5.41, 5.74) is 3.24. The summed E-state index contributed by atoms with van der Waals surface area (Å²) in [6.07, 6.45) is 0. The van der Waals surface area contributed by atoms with Crippen LogP contribution in [0.5, 0.6) is 0 Å². The fourth-order valence-corrected chi connectivity index (χ4v) is 3.24. The molecule has 22 heavy (non-hydrogen) atoms. The van der Waals surface area contributed by atoms with Crippen LogP contribution in [0.2, 0.25) is 0 Å². The molecule has 0 bridgehead atoms. The number of anilines is 2. The molecular weight excluding hydrogens is 272 g/mol. The molecule has 0 fully saturated rings. The standard InChI is InChI=1S/C19H22N2O/c1-14(22)21-13-19(2,3)18(16-11-7-8-12-17(16)21)20-15-9-5-4-6-10-15/h4-12,18,20H,13H2,1-3H3. The summed E-state index contributed by atoms with van der Waals surface area (Å²) in [5.74, 6) is 0.0960. The number of rotatable bonds is 2. The van der Waals surface area contributed by atoms with Crippen LogP contribution in [0, 0.1) is 5.41 Å². The summed E-state index contributed by atoms with van der Waals surface area (Å²) in [6.45, 7) is 6.76. The first kappa shape index (κ1) is 14.6. The normalized spacial score (nSPS) is 19.4. The minimum absolute atomic E-state index is 0.0597. The van der Waals surface area contributed by atoms with E-state index in [9.17, 15) is 4.79 Å². The predicted molar refractivity (Wildman–Crippen MR) is 91.1 cm³/mol. The molecule has 2 aromatic carbocycles. The van der Waals surface area contributed by atoms with Crippen molar-refractivity contribution in [1.29, 1.82) is 0 Å². The smallest absolute Gasteiger partial charge is 0.223 e. The molecule has 3 nitrogen and oxygen atoms in total. The lowest BCUT2D eigenvalue weighted by Gasteiger charge is -2.45. The third-order valence-electron chi connectivity index (χ3n) is 4.35. The van der Waals surface area contributed by atoms with Crippen LogP contribution in [-0.2, 0) is 4.79 Å². The summed E-state index contributed by atoms with van der Waals surface area (Å²) in [6, 6.07) is 18.6. The van der Waals surface area contributed by atoms with Crippen molar-refractivity contribution in [3.8, 4) is 0 Å². The molecule has 0 spiro atoms. The lowest BCUT2D eigenvalue weighted by Crippen LogP contribution is -2.47. The molecule has 114 valence electrons. The Labute approximate surface area is 132 Å². The molecule has 1 unspecified atom stereocenters. The van der Waals surface area contributed by atoms with E-state index in [4.69, 9.17) is 0 Å². The largest absolute Gasteiger partial charge is 0.378 e. The second-order valence-electron chi connectivity index (χ2n) is 6.60. The molecule has 1 N–H and O–H groups in total. The predicted octanol–water partition coefficient (Wildman–Crippen LogP) is 4.23. The van der Waals surface area contributed by atoms with Gasteiger partial charge in [0.25, 0.3) is 0 Å². The second-order valence-corrected chi connectivity index (χ2v) is 6.60. The van der Waals surface area contributed by atoms with Crippen molar-refractivity contribution in [3.63, 3.8) is 0 Å². The summed E-state index contributed by atoms with van der Waals surface area (Å²) < 4.78 is 0. The van der Waals surface area contributed by atoms with E-state index in [0.29, 0.717) is 6.54 Å². The minimum Gasteiger partial charge on any atom is -0.378 e. The number of carbonyl (C=O) groups is 1. The maximum Gasteiger partial charge on any atom is 0.223 e. The van der Waals surface area contributed by atoms with E-state index in [1.165, 1.54) is 5.56 Å². The zero-order valence-electron chi connectivity index (χ0n) is 13.3. The average Bonchev–Trinajstić information content (AvgIpc) is 2.50. The molecule has 1 aliphatic rings. The van der Waals surface area contributed by atoms with E-state index >= 15 is 0 Å². The number of amides is 1. The van der Waals surface area contributed by atoms with Gasteiger partial charge in [0.15, 0.2) is 0 Å². The van der Waals surface area contributed by atoms with Crippen molar-refractivity contribution in [2.45, 2.75) is 26.8 Å². The van der Waals surface area contributed by atoms with E-state index in [2.05, 4.69) is 37.4 Å². The van der Waals surface area contributed by atoms with E-state index in [-0.39, 0.29) is 17.4 Å². The summed E-state index contributed by atoms with van der Waals surface area (Å²) >= 11 is 0. The van der Waals surface area contributed by atoms with Gasteiger partial charge in [-0.25, -0.2) is 0 Å². The van der Waals surface area contributed by atoms with Crippen LogP contribution in [0.1, 0.15) is 32.4 Å². The molecule has 0 saturated heterocycles. The van der Waals surface area contributed by atoms with Gasteiger partial charge in [-0.1, -0.05) is 50.2 Å². The molecule has 1 heterocycles. The van der Waals surface area contributed by atoms with Crippen LogP contribution in [0.25, 0.3) is 0 Å². The maximum absolute atomic E-state index is 12.0. The molecule has 0 aromatic heterocycles. The molecule has 2 aromatic rings. The number of hydrogen-bond donors (Lipinski definition) is 1. The maximum atomic E-state index is 12.0. The van der Waals surface area contributed by atoms with Crippen LogP contribution < -0.4 is 10.2 Å². The average molecular weight is 294 g/mol. The van der Waals surface area contributed by atoms with Gasteiger partial charge < -0.3 is 10.2 Å². The van der Waals surface area contributed by atoms with E-state index in [1.54, 1.807) is 6.92 Å². The number of nitrogens with one attached hydrogen (secondary N) is 1. The lowest BCUT2D eigenvalue weighted by atomic mass is 9.76. The Morgan fingerprint density at radius 3 is 2.41 bits per heavy atom. The third kappa shape index (κ3) is 2.59. The second kappa shape index (κ2) is 5.48. The molecule has 0 radical (unpaired) electrons. The van der Waals surface area contributed by atoms with Crippen molar-refractivity contribution < 1.29 is 4.79 Å². The Bertz CT molecular complexity index is 679. The number of fused-ring (bicyclic) bond motifs is 1. The molecule has 3 rings (SSSR count). The highest BCUT2D eigenvalue weighted by Gasteiger charge is 2.40. The molecule has 0 saturated carbocycles. The van der Waals surface area contributed by atoms with Crippen molar-refractivity contribution in [2.75, 3.05) is 16.8 Å². The zero-order chi connectivity index (χ0) is 15.7. The first-order valence-corrected chi connectivity index (χ1v) is 7.68. The van der Waals surface area contributed by atoms with Crippen molar-refractivity contribution in [1.82, 2.24) is 0 Å². The van der Waals surface area contributed by atoms with Gasteiger partial charge >= 0.3 is 0 Å². The quantitative estimate of drug-likeness (QED) is 0.899. The fourth-order valence-electron chi connectivity index (χ4n) is 3.24. The van der Waals surface area contributed by atoms with E-state index in [0.717, 1.165) is 11.4 Å². The van der Waals surface area contributed by atoms with Crippen LogP contribution in [-0.4, -0.2) is 12.5 Å². The van der Waals surface area contributed by atoms with Gasteiger partial charge in [0.1, 0.15) is 0 Å². The van der Waals surface area contributed by atoms with Crippen LogP contribution in [0.15, 0.2) is 54.6 Å². The Kier molecular flexibility index (Phi) is 3.65. The molecular formula is C19H22N2O. The van der Waals surface area contributed by atoms with Crippen molar-refractivity contribution >= 4 is 17.3 Å². The van der Waals surface area contributed by atoms with E-state index in [1.807, 2.05) is 41.3 Å². The number of para-hydroxylation sites is 2. The Morgan fingerprint density at radius 2 is 1.73 bits per heavy atom. The molecule has 3 heteroatoms. The van der Waals surface area contributed by atoms with Gasteiger partial charge in [0, 0.05) is 30.3 Å². The minimum atomic E-state index is -0.0597. The fraction of sp³-hybridized carbons (Fsp3) is 0.316. The van der Waals surface area contributed by atoms with Gasteiger partial charge in [-0.2, -0.15) is 0 Å². The molecule has 1 amide bonds. The van der Waals surface area contributed by atoms with Gasteiger partial charge in [0.2, 0.25) is 5.91 Å². The Hall–Kier alpha value is -2.29. The molecule has 1 aliphatic heterocycles. The zero-order valence-corrected chi connectivity index (χ0v) is 13.3.